The van der Waals surface area contributed by atoms with E-state index in [1.807, 2.05) is 0 Å². The minimum atomic E-state index is -1.32. The number of nitrogens with zero attached hydrogens (tertiary/aromatic N) is 1. The van der Waals surface area contributed by atoms with Gasteiger partial charge in [0.15, 0.2) is 0 Å². The highest BCUT2D eigenvalue weighted by molar-refractivity contribution is 7.19. The Morgan fingerprint density at radius 2 is 1.41 bits per heavy atom. The quantitative estimate of drug-likeness (QED) is 0.174. The molecule has 0 aromatic carbocycles. The molecule has 4 heteroatoms. The fourth-order valence-corrected chi connectivity index (χ4v) is 3.33. The van der Waals surface area contributed by atoms with Gasteiger partial charge < -0.3 is 0 Å². The summed E-state index contributed by atoms with van der Waals surface area (Å²) in [6.45, 7) is 5.09. The van der Waals surface area contributed by atoms with Crippen molar-refractivity contribution in [3.8, 4) is 0 Å². The highest BCUT2D eigenvalue weighted by Gasteiger charge is 2.15. The van der Waals surface area contributed by atoms with Gasteiger partial charge in [-0.2, -0.15) is 11.1 Å². The first-order valence-electron chi connectivity index (χ1n) is 6.79. The Labute approximate surface area is 112 Å². The summed E-state index contributed by atoms with van der Waals surface area (Å²) in [6, 6.07) is 1.25. The van der Waals surface area contributed by atoms with Crippen LogP contribution in [0.25, 0.3) is 0 Å². The average Bonchev–Trinajstić information content (AvgIpc) is 2.24. The van der Waals surface area contributed by atoms with Crippen molar-refractivity contribution in [2.75, 3.05) is 6.54 Å². The summed E-state index contributed by atoms with van der Waals surface area (Å²) in [4.78, 5) is 13.4. The summed E-state index contributed by atoms with van der Waals surface area (Å²) in [5, 5.41) is 0. The standard InChI is InChI=1S/C13H26ClNOSi/c1-17(2,14)12-10-8-6-4-3-5-7-9-11-15-13-16/h3-12H2,1-2H3. The maximum Gasteiger partial charge on any atom is 0.234 e. The van der Waals surface area contributed by atoms with E-state index in [1.54, 1.807) is 6.08 Å². The van der Waals surface area contributed by atoms with E-state index in [-0.39, 0.29) is 0 Å². The molecule has 2 nitrogen and oxygen atoms in total. The molecule has 0 aromatic rings. The van der Waals surface area contributed by atoms with Crippen LogP contribution in [0.4, 0.5) is 0 Å². The van der Waals surface area contributed by atoms with E-state index in [2.05, 4.69) is 18.1 Å². The van der Waals surface area contributed by atoms with Gasteiger partial charge in [0, 0.05) is 0 Å². The smallest absolute Gasteiger partial charge is 0.211 e. The Balaban J connectivity index is 3.06. The molecule has 0 saturated heterocycles. The van der Waals surface area contributed by atoms with Crippen molar-refractivity contribution < 1.29 is 4.79 Å². The van der Waals surface area contributed by atoms with Crippen LogP contribution >= 0.6 is 11.1 Å². The van der Waals surface area contributed by atoms with Gasteiger partial charge in [-0.05, 0) is 12.5 Å². The summed E-state index contributed by atoms with van der Waals surface area (Å²) in [6.07, 6.45) is 11.7. The summed E-state index contributed by atoms with van der Waals surface area (Å²) in [5.41, 5.74) is 0. The van der Waals surface area contributed by atoms with E-state index >= 15 is 0 Å². The molecule has 100 valence electrons. The molecule has 0 aliphatic carbocycles. The fourth-order valence-electron chi connectivity index (χ4n) is 1.84. The van der Waals surface area contributed by atoms with E-state index in [1.165, 1.54) is 51.0 Å². The highest BCUT2D eigenvalue weighted by atomic mass is 35.6. The molecule has 0 rings (SSSR count). The second-order valence-corrected chi connectivity index (χ2v) is 12.3. The van der Waals surface area contributed by atoms with Crippen molar-refractivity contribution in [2.24, 2.45) is 4.99 Å². The second kappa shape index (κ2) is 11.0. The van der Waals surface area contributed by atoms with Crippen molar-refractivity contribution in [2.45, 2.75) is 70.5 Å². The first-order valence-corrected chi connectivity index (χ1v) is 11.0. The number of isocyanates is 1. The third-order valence-corrected chi connectivity index (χ3v) is 4.97. The SMILES string of the molecule is C[Si](C)(Cl)CCCCCCCCCCN=C=O. The molecule has 0 heterocycles. The number of carbonyl (C=O) groups excluding carboxylic acids is 1. The predicted molar refractivity (Wildman–Crippen MR) is 78.1 cm³/mol. The number of unbranched alkanes of at least 4 members (excludes halogenated alkanes) is 7. The largest absolute Gasteiger partial charge is 0.234 e. The first-order chi connectivity index (χ1) is 8.06. The zero-order valence-corrected chi connectivity index (χ0v) is 13.1. The van der Waals surface area contributed by atoms with Crippen LogP contribution < -0.4 is 0 Å². The highest BCUT2D eigenvalue weighted by Crippen LogP contribution is 2.19. The van der Waals surface area contributed by atoms with Crippen LogP contribution in [0.15, 0.2) is 4.99 Å². The Bertz CT molecular complexity index is 222. The lowest BCUT2D eigenvalue weighted by molar-refractivity contribution is 0.558. The number of aliphatic imine (C=N–C) groups is 1. The molecule has 0 spiro atoms. The Kier molecular flexibility index (Phi) is 10.9. The molecular weight excluding hydrogens is 250 g/mol. The predicted octanol–water partition coefficient (Wildman–Crippen LogP) is 4.89. The van der Waals surface area contributed by atoms with Crippen LogP contribution in [0.1, 0.15) is 51.4 Å². The van der Waals surface area contributed by atoms with E-state index in [9.17, 15) is 4.79 Å². The van der Waals surface area contributed by atoms with Crippen LogP contribution in [-0.2, 0) is 4.79 Å². The van der Waals surface area contributed by atoms with Crippen LogP contribution in [-0.4, -0.2) is 20.0 Å². The van der Waals surface area contributed by atoms with Gasteiger partial charge in [0.05, 0.1) is 6.54 Å². The number of hydrogen-bond donors (Lipinski definition) is 0. The molecule has 0 unspecified atom stereocenters. The Morgan fingerprint density at radius 1 is 0.941 bits per heavy atom. The van der Waals surface area contributed by atoms with Gasteiger partial charge in [0.1, 0.15) is 7.38 Å². The van der Waals surface area contributed by atoms with Crippen LogP contribution in [0.2, 0.25) is 19.1 Å². The van der Waals surface area contributed by atoms with Crippen LogP contribution in [0.5, 0.6) is 0 Å². The number of hydrogen-bond acceptors (Lipinski definition) is 2. The summed E-state index contributed by atoms with van der Waals surface area (Å²) in [7, 11) is -1.32. The van der Waals surface area contributed by atoms with Gasteiger partial charge in [0.2, 0.25) is 6.08 Å². The van der Waals surface area contributed by atoms with Crippen molar-refractivity contribution in [1.29, 1.82) is 0 Å². The minimum absolute atomic E-state index is 0.652. The molecule has 0 fully saturated rings. The molecule has 0 aromatic heterocycles. The third-order valence-electron chi connectivity index (χ3n) is 2.86. The van der Waals surface area contributed by atoms with Gasteiger partial charge in [-0.3, -0.25) is 0 Å². The van der Waals surface area contributed by atoms with Crippen LogP contribution in [0.3, 0.4) is 0 Å². The van der Waals surface area contributed by atoms with Gasteiger partial charge in [-0.15, -0.1) is 0 Å². The summed E-state index contributed by atoms with van der Waals surface area (Å²) < 4.78 is 0. The molecule has 0 atom stereocenters. The lowest BCUT2D eigenvalue weighted by Gasteiger charge is -2.11. The van der Waals surface area contributed by atoms with Gasteiger partial charge in [0.25, 0.3) is 0 Å². The molecule has 0 radical (unpaired) electrons. The van der Waals surface area contributed by atoms with E-state index in [4.69, 9.17) is 11.1 Å². The minimum Gasteiger partial charge on any atom is -0.211 e. The molecular formula is C13H26ClNOSi. The maximum absolute atomic E-state index is 9.81. The van der Waals surface area contributed by atoms with E-state index < -0.39 is 7.38 Å². The lowest BCUT2D eigenvalue weighted by atomic mass is 10.1. The number of halogens is 1. The number of rotatable bonds is 11. The van der Waals surface area contributed by atoms with E-state index in [0.29, 0.717) is 6.54 Å². The zero-order chi connectivity index (χ0) is 13.0. The van der Waals surface area contributed by atoms with Gasteiger partial charge >= 0.3 is 0 Å². The fraction of sp³-hybridized carbons (Fsp3) is 0.923. The molecule has 0 N–H and O–H groups in total. The normalized spacial score (nSPS) is 11.2. The Hall–Kier alpha value is -0.113. The van der Waals surface area contributed by atoms with Crippen LogP contribution in [0, 0.1) is 0 Å². The molecule has 0 saturated carbocycles. The molecule has 0 aliphatic rings. The topological polar surface area (TPSA) is 29.4 Å². The molecule has 0 amide bonds. The lowest BCUT2D eigenvalue weighted by Crippen LogP contribution is -2.14. The Morgan fingerprint density at radius 3 is 1.88 bits per heavy atom. The summed E-state index contributed by atoms with van der Waals surface area (Å²) >= 11 is 6.26. The second-order valence-electron chi connectivity index (χ2n) is 5.27. The van der Waals surface area contributed by atoms with Gasteiger partial charge in [-0.1, -0.05) is 58.0 Å². The zero-order valence-electron chi connectivity index (χ0n) is 11.3. The third kappa shape index (κ3) is 15.9. The van der Waals surface area contributed by atoms with Crippen molar-refractivity contribution >= 4 is 24.5 Å². The molecule has 0 aliphatic heterocycles. The maximum atomic E-state index is 9.81. The van der Waals surface area contributed by atoms with Crippen molar-refractivity contribution in [1.82, 2.24) is 0 Å². The monoisotopic (exact) mass is 275 g/mol. The average molecular weight is 276 g/mol. The van der Waals surface area contributed by atoms with E-state index in [0.717, 1.165) is 6.42 Å². The molecule has 0 bridgehead atoms. The van der Waals surface area contributed by atoms with Gasteiger partial charge in [-0.25, -0.2) is 9.79 Å². The first kappa shape index (κ1) is 16.9. The molecule has 17 heavy (non-hydrogen) atoms. The van der Waals surface area contributed by atoms with Crippen molar-refractivity contribution in [3.05, 3.63) is 0 Å². The van der Waals surface area contributed by atoms with Crippen molar-refractivity contribution in [3.63, 3.8) is 0 Å². The summed E-state index contributed by atoms with van der Waals surface area (Å²) in [5.74, 6) is 0.